The van der Waals surface area contributed by atoms with Crippen molar-refractivity contribution in [2.24, 2.45) is 0 Å². The number of amides is 6. The first-order valence-electron chi connectivity index (χ1n) is 30.6. The molecule has 9 aromatic rings. The highest BCUT2D eigenvalue weighted by Gasteiger charge is 2.43. The van der Waals surface area contributed by atoms with Crippen LogP contribution in [-0.2, 0) is 28.7 Å². The van der Waals surface area contributed by atoms with Gasteiger partial charge in [-0.05, 0) is 119 Å². The quantitative estimate of drug-likeness (QED) is 0.0143. The maximum absolute atomic E-state index is 15.5. The standard InChI is InChI=1S/C74H66Cl2N4O14/c1-37(2)43-11-19-47(20-12-43)91-55-31-51-61-52(72(86)79(71(51)85)35-59(81)89-29-27-77-69(83)41(9)75)33-57(93-49-23-15-45(16-24-49)39(5)6)65-66-58(94-50-25-17-46(18-26-50)40(7)8)34-54-62-53(73(87)80(74(54)88)36-60(82)90-30-28-78-70(84)42(10)76)32-56(64(68(62)66)63(55)67(61)65)92-48-21-13-44(14-22-48)38(3)4/h11-26,31-34,37-40H,9-10,27-30,35-36H2,1-8H3,(H,77,83)(H,78,84). The van der Waals surface area contributed by atoms with Crippen molar-refractivity contribution in [1.29, 1.82) is 0 Å². The van der Waals surface area contributed by atoms with Gasteiger partial charge in [0.15, 0.2) is 0 Å². The van der Waals surface area contributed by atoms with Crippen LogP contribution in [0.25, 0.3) is 43.1 Å². The molecule has 20 heteroatoms. The van der Waals surface area contributed by atoms with Crippen molar-refractivity contribution in [3.05, 3.63) is 189 Å². The van der Waals surface area contributed by atoms with Crippen molar-refractivity contribution in [1.82, 2.24) is 20.4 Å². The topological polar surface area (TPSA) is 222 Å². The lowest BCUT2D eigenvalue weighted by Gasteiger charge is -2.32. The van der Waals surface area contributed by atoms with E-state index in [-0.39, 0.29) is 148 Å². The Morgan fingerprint density at radius 1 is 0.383 bits per heavy atom. The maximum Gasteiger partial charge on any atom is 0.326 e. The van der Waals surface area contributed by atoms with E-state index in [1.807, 2.05) is 48.5 Å². The first-order valence-corrected chi connectivity index (χ1v) is 31.4. The van der Waals surface area contributed by atoms with Crippen molar-refractivity contribution in [2.75, 3.05) is 39.4 Å². The Kier molecular flexibility index (Phi) is 18.5. The van der Waals surface area contributed by atoms with Crippen LogP contribution < -0.4 is 29.6 Å². The molecule has 0 saturated carbocycles. The molecule has 2 heterocycles. The van der Waals surface area contributed by atoms with Crippen LogP contribution >= 0.6 is 23.2 Å². The van der Waals surface area contributed by atoms with Gasteiger partial charge in [-0.1, -0.05) is 140 Å². The lowest BCUT2D eigenvalue weighted by Crippen LogP contribution is -2.44. The van der Waals surface area contributed by atoms with Crippen LogP contribution in [0.15, 0.2) is 145 Å². The van der Waals surface area contributed by atoms with Crippen LogP contribution in [0, 0.1) is 0 Å². The van der Waals surface area contributed by atoms with Crippen molar-refractivity contribution in [3.63, 3.8) is 0 Å². The Hall–Kier alpha value is -10.3. The van der Waals surface area contributed by atoms with Crippen LogP contribution in [0.4, 0.5) is 0 Å². The molecule has 0 unspecified atom stereocenters. The molecular weight excluding hydrogens is 1240 g/mol. The summed E-state index contributed by atoms with van der Waals surface area (Å²) in [5, 5.41) is 6.06. The van der Waals surface area contributed by atoms with Gasteiger partial charge in [0.2, 0.25) is 0 Å². The molecule has 0 aromatic heterocycles. The highest BCUT2D eigenvalue weighted by molar-refractivity contribution is 6.45. The number of ether oxygens (including phenoxy) is 6. The van der Waals surface area contributed by atoms with Gasteiger partial charge in [-0.25, -0.2) is 0 Å². The van der Waals surface area contributed by atoms with E-state index in [4.69, 9.17) is 51.6 Å². The van der Waals surface area contributed by atoms with Crippen LogP contribution in [-0.4, -0.2) is 96.6 Å². The van der Waals surface area contributed by atoms with E-state index in [9.17, 15) is 19.2 Å². The average Bonchev–Trinajstić information content (AvgIpc) is 0.673. The molecule has 0 spiro atoms. The van der Waals surface area contributed by atoms with Crippen molar-refractivity contribution in [2.45, 2.75) is 79.1 Å². The zero-order valence-electron chi connectivity index (χ0n) is 52.9. The van der Waals surface area contributed by atoms with E-state index in [1.165, 1.54) is 24.3 Å². The Morgan fingerprint density at radius 2 is 0.617 bits per heavy atom. The average molecular weight is 1310 g/mol. The normalized spacial score (nSPS) is 12.9. The van der Waals surface area contributed by atoms with E-state index >= 15 is 19.2 Å². The molecule has 18 nitrogen and oxygen atoms in total. The second-order valence-corrected chi connectivity index (χ2v) is 25.1. The van der Waals surface area contributed by atoms with Crippen molar-refractivity contribution in [3.8, 4) is 46.0 Å². The summed E-state index contributed by atoms with van der Waals surface area (Å²) in [4.78, 5) is 116. The van der Waals surface area contributed by atoms with Crippen LogP contribution in [0.2, 0.25) is 0 Å². The zero-order valence-corrected chi connectivity index (χ0v) is 54.4. The molecule has 2 aliphatic heterocycles. The summed E-state index contributed by atoms with van der Waals surface area (Å²) in [6, 6.07) is 35.5. The predicted molar refractivity (Wildman–Crippen MR) is 359 cm³/mol. The lowest BCUT2D eigenvalue weighted by molar-refractivity contribution is -0.144. The van der Waals surface area contributed by atoms with Gasteiger partial charge in [-0.2, -0.15) is 0 Å². The molecule has 6 amide bonds. The fraction of sp³-hybridized carbons (Fsp3) is 0.243. The third kappa shape index (κ3) is 12.8. The number of nitrogens with one attached hydrogen (secondary N) is 2. The number of hydrogen-bond donors (Lipinski definition) is 2. The number of carbonyl (C=O) groups excluding carboxylic acids is 8. The molecule has 2 N–H and O–H groups in total. The van der Waals surface area contributed by atoms with Gasteiger partial charge in [0.25, 0.3) is 35.4 Å². The molecule has 11 rings (SSSR count). The third-order valence-corrected chi connectivity index (χ3v) is 16.9. The van der Waals surface area contributed by atoms with Gasteiger partial charge in [0.05, 0.1) is 45.4 Å². The maximum atomic E-state index is 15.5. The van der Waals surface area contributed by atoms with E-state index in [0.717, 1.165) is 32.1 Å². The molecule has 0 fully saturated rings. The lowest BCUT2D eigenvalue weighted by atomic mass is 9.80. The third-order valence-electron chi connectivity index (χ3n) is 16.5. The Labute approximate surface area is 551 Å². The minimum absolute atomic E-state index is 0.0368. The summed E-state index contributed by atoms with van der Waals surface area (Å²) >= 11 is 11.5. The van der Waals surface area contributed by atoms with Crippen LogP contribution in [0.3, 0.4) is 0 Å². The Bertz CT molecular complexity index is 4090. The van der Waals surface area contributed by atoms with Crippen molar-refractivity contribution < 1.29 is 66.8 Å². The number of nitrogens with zero attached hydrogens (tertiary/aromatic N) is 2. The highest BCUT2D eigenvalue weighted by Crippen LogP contribution is 2.58. The molecule has 2 aliphatic rings. The van der Waals surface area contributed by atoms with Crippen molar-refractivity contribution >= 4 is 114 Å². The zero-order chi connectivity index (χ0) is 67.1. The molecular formula is C74H66Cl2N4O14. The molecule has 9 aromatic carbocycles. The first-order chi connectivity index (χ1) is 44.9. The van der Waals surface area contributed by atoms with E-state index in [0.29, 0.717) is 23.0 Å². The van der Waals surface area contributed by atoms with Gasteiger partial charge in [0, 0.05) is 43.1 Å². The number of hydrogen-bond acceptors (Lipinski definition) is 14. The number of fused-ring (bicyclic) bond motifs is 2. The molecule has 0 saturated heterocycles. The largest absolute Gasteiger partial charge is 0.462 e. The summed E-state index contributed by atoms with van der Waals surface area (Å²) < 4.78 is 39.3. The first kappa shape index (κ1) is 65.2. The number of halogens is 2. The second-order valence-electron chi connectivity index (χ2n) is 24.1. The van der Waals surface area contributed by atoms with E-state index in [2.05, 4.69) is 79.2 Å². The fourth-order valence-corrected chi connectivity index (χ4v) is 11.7. The molecule has 480 valence electrons. The molecule has 0 aliphatic carbocycles. The number of carbonyl (C=O) groups is 8. The number of imide groups is 2. The Balaban J connectivity index is 1.25. The fourth-order valence-electron chi connectivity index (χ4n) is 11.6. The summed E-state index contributed by atoms with van der Waals surface area (Å²) in [6.07, 6.45) is 0. The molecule has 0 radical (unpaired) electrons. The monoisotopic (exact) mass is 1300 g/mol. The molecule has 94 heavy (non-hydrogen) atoms. The number of benzene rings is 9. The second kappa shape index (κ2) is 26.7. The number of esters is 2. The summed E-state index contributed by atoms with van der Waals surface area (Å²) in [7, 11) is 0. The van der Waals surface area contributed by atoms with E-state index < -0.39 is 60.5 Å². The molecule has 0 atom stereocenters. The Morgan fingerprint density at radius 3 is 0.830 bits per heavy atom. The highest BCUT2D eigenvalue weighted by atomic mass is 35.5. The molecule has 0 bridgehead atoms. The summed E-state index contributed by atoms with van der Waals surface area (Å²) in [5.74, 6) is -4.89. The van der Waals surface area contributed by atoms with E-state index in [1.54, 1.807) is 48.5 Å². The van der Waals surface area contributed by atoms with Crippen LogP contribution in [0.5, 0.6) is 46.0 Å². The van der Waals surface area contributed by atoms with Gasteiger partial charge in [0.1, 0.15) is 72.3 Å². The number of rotatable bonds is 24. The smallest absolute Gasteiger partial charge is 0.326 e. The summed E-state index contributed by atoms with van der Waals surface area (Å²) in [5.41, 5.74) is 3.73. The minimum Gasteiger partial charge on any atom is -0.462 e. The van der Waals surface area contributed by atoms with Crippen LogP contribution in [0.1, 0.15) is 143 Å². The van der Waals surface area contributed by atoms with Gasteiger partial charge in [-0.15, -0.1) is 0 Å². The van der Waals surface area contributed by atoms with Gasteiger partial charge >= 0.3 is 11.9 Å². The van der Waals surface area contributed by atoms with Gasteiger partial charge in [-0.3, -0.25) is 48.2 Å². The van der Waals surface area contributed by atoms with Gasteiger partial charge < -0.3 is 39.1 Å². The summed E-state index contributed by atoms with van der Waals surface area (Å²) in [6.45, 7) is 20.5. The minimum atomic E-state index is -0.974. The predicted octanol–water partition coefficient (Wildman–Crippen LogP) is 15.4. The SMILES string of the molecule is C=C(Cl)C(=O)NCCOC(=O)CN1C(=O)c2cc(Oc3ccc(C(C)C)cc3)c3c4c(Oc5ccc(C(C)C)cc5)cc5c6c(cc(Oc7ccc(C(C)C)cc7)c(c7c(Oc8ccc(C(C)C)cc8)cc(c2c37)C1=O)c64)C(=O)N(CC(=O)OCCNC(=O)C(=C)Cl)C5=O.